The Hall–Kier alpha value is -3.28. The number of hydrogen-bond donors (Lipinski definition) is 2. The van der Waals surface area contributed by atoms with Crippen LogP contribution in [0.4, 0.5) is 0 Å². The number of ether oxygens (including phenoxy) is 1. The van der Waals surface area contributed by atoms with Gasteiger partial charge in [0.2, 0.25) is 0 Å². The maximum atomic E-state index is 12.8. The topological polar surface area (TPSA) is 80.1 Å². The van der Waals surface area contributed by atoms with Gasteiger partial charge in [-0.1, -0.05) is 38.1 Å². The van der Waals surface area contributed by atoms with E-state index in [1.807, 2.05) is 50.2 Å². The first-order chi connectivity index (χ1) is 13.1. The molecule has 1 unspecified atom stereocenters. The van der Waals surface area contributed by atoms with Crippen LogP contribution in [0, 0.1) is 5.92 Å². The normalized spacial score (nSPS) is 12.6. The van der Waals surface area contributed by atoms with Crippen LogP contribution < -0.4 is 10.1 Å². The molecule has 138 valence electrons. The molecule has 0 bridgehead atoms. The zero-order chi connectivity index (χ0) is 19.0. The van der Waals surface area contributed by atoms with Crippen molar-refractivity contribution in [1.82, 2.24) is 15.3 Å². The molecule has 0 saturated heterocycles. The van der Waals surface area contributed by atoms with Crippen LogP contribution in [0.25, 0.3) is 22.0 Å². The number of methoxy groups -OCH3 is 1. The number of nitrogens with zero attached hydrogens (tertiary/aromatic N) is 1. The summed E-state index contributed by atoms with van der Waals surface area (Å²) in [7, 11) is 1.58. The third kappa shape index (κ3) is 3.14. The molecule has 0 aliphatic heterocycles. The molecule has 6 nitrogen and oxygen atoms in total. The number of aromatic nitrogens is 2. The summed E-state index contributed by atoms with van der Waals surface area (Å²) in [6.45, 7) is 4.08. The highest BCUT2D eigenvalue weighted by molar-refractivity contribution is 5.97. The van der Waals surface area contributed by atoms with Gasteiger partial charge >= 0.3 is 0 Å². The average molecular weight is 363 g/mol. The molecule has 1 atom stereocenters. The zero-order valence-electron chi connectivity index (χ0n) is 15.4. The molecule has 0 fully saturated rings. The minimum absolute atomic E-state index is 0.147. The maximum Gasteiger partial charge on any atom is 0.287 e. The highest BCUT2D eigenvalue weighted by atomic mass is 16.5. The third-order valence-corrected chi connectivity index (χ3v) is 4.61. The van der Waals surface area contributed by atoms with Gasteiger partial charge < -0.3 is 19.5 Å². The van der Waals surface area contributed by atoms with Gasteiger partial charge in [0.25, 0.3) is 5.91 Å². The van der Waals surface area contributed by atoms with Crippen molar-refractivity contribution < 1.29 is 13.9 Å². The van der Waals surface area contributed by atoms with Gasteiger partial charge in [0, 0.05) is 5.39 Å². The van der Waals surface area contributed by atoms with Crippen molar-refractivity contribution in [1.29, 1.82) is 0 Å². The number of fused-ring (bicyclic) bond motifs is 2. The molecule has 27 heavy (non-hydrogen) atoms. The highest BCUT2D eigenvalue weighted by Crippen LogP contribution is 2.29. The van der Waals surface area contributed by atoms with Crippen LogP contribution in [-0.2, 0) is 0 Å². The van der Waals surface area contributed by atoms with Crippen molar-refractivity contribution in [2.45, 2.75) is 19.9 Å². The van der Waals surface area contributed by atoms with Crippen LogP contribution in [0.1, 0.15) is 36.3 Å². The lowest BCUT2D eigenvalue weighted by molar-refractivity contribution is 0.0897. The van der Waals surface area contributed by atoms with Gasteiger partial charge in [-0.3, -0.25) is 4.79 Å². The summed E-state index contributed by atoms with van der Waals surface area (Å²) in [5.41, 5.74) is 2.39. The molecule has 2 aromatic heterocycles. The van der Waals surface area contributed by atoms with Gasteiger partial charge in [0.05, 0.1) is 24.2 Å². The predicted molar refractivity (Wildman–Crippen MR) is 104 cm³/mol. The Labute approximate surface area is 156 Å². The van der Waals surface area contributed by atoms with Gasteiger partial charge in [0.15, 0.2) is 17.1 Å². The second-order valence-corrected chi connectivity index (χ2v) is 6.82. The SMILES string of the molecule is COc1cccc2cc(C(=O)NC(c3nc4ccccc4[nH]3)C(C)C)oc12. The summed E-state index contributed by atoms with van der Waals surface area (Å²) in [6.07, 6.45) is 0. The monoisotopic (exact) mass is 363 g/mol. The zero-order valence-corrected chi connectivity index (χ0v) is 15.4. The second-order valence-electron chi connectivity index (χ2n) is 6.82. The summed E-state index contributed by atoms with van der Waals surface area (Å²) in [4.78, 5) is 20.8. The van der Waals surface area contributed by atoms with Gasteiger partial charge in [0.1, 0.15) is 5.82 Å². The fourth-order valence-corrected chi connectivity index (χ4v) is 3.19. The van der Waals surface area contributed by atoms with Gasteiger partial charge in [-0.25, -0.2) is 4.98 Å². The smallest absolute Gasteiger partial charge is 0.287 e. The summed E-state index contributed by atoms with van der Waals surface area (Å²) in [5, 5.41) is 3.86. The standard InChI is InChI=1S/C21H21N3O3/c1-12(2)18(20-22-14-8-4-5-9-15(14)23-20)24-21(25)17-11-13-7-6-10-16(26-3)19(13)27-17/h4-12,18H,1-3H3,(H,22,23)(H,24,25). The number of benzene rings is 2. The first kappa shape index (κ1) is 17.1. The number of carbonyl (C=O) groups is 1. The van der Waals surface area contributed by atoms with Crippen LogP contribution in [0.2, 0.25) is 0 Å². The number of nitrogens with one attached hydrogen (secondary N) is 2. The van der Waals surface area contributed by atoms with Crippen LogP contribution in [0.5, 0.6) is 5.75 Å². The first-order valence-corrected chi connectivity index (χ1v) is 8.89. The van der Waals surface area contributed by atoms with E-state index in [0.717, 1.165) is 22.2 Å². The predicted octanol–water partition coefficient (Wildman–Crippen LogP) is 4.44. The van der Waals surface area contributed by atoms with E-state index in [2.05, 4.69) is 15.3 Å². The van der Waals surface area contributed by atoms with Gasteiger partial charge in [-0.05, 0) is 30.2 Å². The van der Waals surface area contributed by atoms with Crippen LogP contribution >= 0.6 is 0 Å². The van der Waals surface area contributed by atoms with E-state index < -0.39 is 0 Å². The highest BCUT2D eigenvalue weighted by Gasteiger charge is 2.24. The number of imidazole rings is 1. The van der Waals surface area contributed by atoms with Crippen LogP contribution in [0.3, 0.4) is 0 Å². The maximum absolute atomic E-state index is 12.8. The fraction of sp³-hybridized carbons (Fsp3) is 0.238. The van der Waals surface area contributed by atoms with E-state index in [9.17, 15) is 4.79 Å². The van der Waals surface area contributed by atoms with E-state index in [0.29, 0.717) is 11.3 Å². The number of furan rings is 1. The molecule has 1 amide bonds. The van der Waals surface area contributed by atoms with E-state index in [1.165, 1.54) is 0 Å². The third-order valence-electron chi connectivity index (χ3n) is 4.61. The molecule has 6 heteroatoms. The molecule has 0 aliphatic rings. The molecule has 0 spiro atoms. The molecule has 0 aliphatic carbocycles. The Morgan fingerprint density at radius 1 is 1.19 bits per heavy atom. The van der Waals surface area contributed by atoms with Crippen LogP contribution in [-0.4, -0.2) is 23.0 Å². The number of carbonyl (C=O) groups excluding carboxylic acids is 1. The Morgan fingerprint density at radius 3 is 2.74 bits per heavy atom. The van der Waals surface area contributed by atoms with Crippen molar-refractivity contribution in [3.8, 4) is 5.75 Å². The molecule has 2 aromatic carbocycles. The number of rotatable bonds is 5. The van der Waals surface area contributed by atoms with Gasteiger partial charge in [-0.15, -0.1) is 0 Å². The van der Waals surface area contributed by atoms with Crippen molar-refractivity contribution in [3.63, 3.8) is 0 Å². The van der Waals surface area contributed by atoms with Crippen molar-refractivity contribution in [3.05, 3.63) is 60.1 Å². The van der Waals surface area contributed by atoms with Crippen molar-refractivity contribution in [2.24, 2.45) is 5.92 Å². The quantitative estimate of drug-likeness (QED) is 0.549. The number of hydrogen-bond acceptors (Lipinski definition) is 4. The average Bonchev–Trinajstić information content (AvgIpc) is 3.29. The van der Waals surface area contributed by atoms with Crippen LogP contribution in [0.15, 0.2) is 52.9 Å². The lowest BCUT2D eigenvalue weighted by Gasteiger charge is -2.19. The number of aromatic amines is 1. The molecule has 4 aromatic rings. The fourth-order valence-electron chi connectivity index (χ4n) is 3.19. The lowest BCUT2D eigenvalue weighted by Crippen LogP contribution is -2.32. The molecule has 4 rings (SSSR count). The van der Waals surface area contributed by atoms with E-state index in [4.69, 9.17) is 9.15 Å². The van der Waals surface area contributed by atoms with E-state index in [-0.39, 0.29) is 23.6 Å². The largest absolute Gasteiger partial charge is 0.493 e. The number of amides is 1. The lowest BCUT2D eigenvalue weighted by atomic mass is 10.0. The minimum atomic E-state index is -0.285. The molecule has 0 radical (unpaired) electrons. The summed E-state index contributed by atoms with van der Waals surface area (Å²) < 4.78 is 11.1. The van der Waals surface area contributed by atoms with Crippen molar-refractivity contribution in [2.75, 3.05) is 7.11 Å². The summed E-state index contributed by atoms with van der Waals surface area (Å²) >= 11 is 0. The first-order valence-electron chi connectivity index (χ1n) is 8.89. The Kier molecular flexibility index (Phi) is 4.32. The Balaban J connectivity index is 1.64. The van der Waals surface area contributed by atoms with Gasteiger partial charge in [-0.2, -0.15) is 0 Å². The number of H-pyrrole nitrogens is 1. The Bertz CT molecular complexity index is 1080. The van der Waals surface area contributed by atoms with E-state index in [1.54, 1.807) is 19.2 Å². The molecular formula is C21H21N3O3. The molecule has 2 N–H and O–H groups in total. The summed E-state index contributed by atoms with van der Waals surface area (Å²) in [5.74, 6) is 1.44. The molecule has 2 heterocycles. The minimum Gasteiger partial charge on any atom is -0.493 e. The van der Waals surface area contributed by atoms with Crippen molar-refractivity contribution >= 4 is 27.9 Å². The molecule has 0 saturated carbocycles. The Morgan fingerprint density at radius 2 is 2.00 bits per heavy atom. The second kappa shape index (κ2) is 6.79. The summed E-state index contributed by atoms with van der Waals surface area (Å²) in [6, 6.07) is 14.8. The number of para-hydroxylation sites is 3. The van der Waals surface area contributed by atoms with E-state index >= 15 is 0 Å². The molecular weight excluding hydrogens is 342 g/mol.